The van der Waals surface area contributed by atoms with Gasteiger partial charge in [-0.25, -0.2) is 0 Å². The average molecular weight is 709 g/mol. The molecule has 0 aromatic carbocycles. The summed E-state index contributed by atoms with van der Waals surface area (Å²) < 4.78 is 0. The molecule has 4 rings (SSSR count). The first-order valence-corrected chi connectivity index (χ1v) is 16.7. The molecule has 0 spiro atoms. The predicted octanol–water partition coefficient (Wildman–Crippen LogP) is -0.209. The topological polar surface area (TPSA) is 324 Å². The summed E-state index contributed by atoms with van der Waals surface area (Å²) in [6.45, 7) is 10.7. The standard InChI is InChI=1S/C6H13NO2.4C5H9NO2.C5H11NO2/c1-3-4(2)5(7)6(8)9;4*7-5(8)4-2-1-3-6-4;1-3(2)4(6)5(7)8/h4-5H,3,7H2,1-2H3,(H,8,9);4*4,6H,1-3H2,(H,7,8);3-4H,6H2,1-2H3,(H,7,8)/t;4*4-;/m.0000./s1. The lowest BCUT2D eigenvalue weighted by atomic mass is 10.0. The number of nitrogens with one attached hydrogen (secondary N) is 4. The minimum absolute atomic E-state index is 0.0208. The van der Waals surface area contributed by atoms with Gasteiger partial charge in [0, 0.05) is 0 Å². The van der Waals surface area contributed by atoms with Crippen LogP contribution in [-0.4, -0.2) is 129 Å². The Morgan fingerprint density at radius 2 is 0.776 bits per heavy atom. The molecular weight excluding hydrogens is 648 g/mol. The van der Waals surface area contributed by atoms with E-state index < -0.39 is 47.9 Å². The Labute approximate surface area is 287 Å². The van der Waals surface area contributed by atoms with E-state index in [9.17, 15) is 28.8 Å². The lowest BCUT2D eigenvalue weighted by Crippen LogP contribution is -2.36. The molecule has 0 aliphatic carbocycles. The summed E-state index contributed by atoms with van der Waals surface area (Å²) in [6.07, 6.45) is 7.95. The van der Waals surface area contributed by atoms with Gasteiger partial charge in [-0.1, -0.05) is 34.1 Å². The van der Waals surface area contributed by atoms with Gasteiger partial charge in [0.1, 0.15) is 36.3 Å². The Hall–Kier alpha value is -3.42. The van der Waals surface area contributed by atoms with Crippen LogP contribution in [0.2, 0.25) is 0 Å². The maximum Gasteiger partial charge on any atom is 0.320 e. The van der Waals surface area contributed by atoms with Crippen LogP contribution in [-0.2, 0) is 28.8 Å². The first-order valence-electron chi connectivity index (χ1n) is 16.7. The first-order chi connectivity index (χ1) is 22.9. The fourth-order valence-corrected chi connectivity index (χ4v) is 4.36. The minimum Gasteiger partial charge on any atom is -0.480 e. The molecule has 3 unspecified atom stereocenters. The van der Waals surface area contributed by atoms with E-state index in [1.165, 1.54) is 0 Å². The minimum atomic E-state index is -0.931. The van der Waals surface area contributed by atoms with Crippen molar-refractivity contribution in [1.82, 2.24) is 21.3 Å². The van der Waals surface area contributed by atoms with Crippen molar-refractivity contribution in [2.45, 2.75) is 122 Å². The summed E-state index contributed by atoms with van der Waals surface area (Å²) >= 11 is 0. The molecule has 18 nitrogen and oxygen atoms in total. The quantitative estimate of drug-likeness (QED) is 0.147. The van der Waals surface area contributed by atoms with Crippen molar-refractivity contribution in [3.63, 3.8) is 0 Å². The Kier molecular flexibility index (Phi) is 26.7. The first kappa shape index (κ1) is 47.7. The fourth-order valence-electron chi connectivity index (χ4n) is 4.36. The molecule has 4 fully saturated rings. The van der Waals surface area contributed by atoms with Crippen LogP contribution < -0.4 is 32.7 Å². The Morgan fingerprint density at radius 3 is 0.837 bits per heavy atom. The Balaban J connectivity index is 0. The van der Waals surface area contributed by atoms with Crippen LogP contribution in [0.4, 0.5) is 0 Å². The number of rotatable bonds is 9. The maximum atomic E-state index is 10.2. The van der Waals surface area contributed by atoms with Gasteiger partial charge in [-0.05, 0) is 89.4 Å². The van der Waals surface area contributed by atoms with Crippen LogP contribution in [0.3, 0.4) is 0 Å². The van der Waals surface area contributed by atoms with Crippen molar-refractivity contribution in [3.05, 3.63) is 0 Å². The molecule has 18 heteroatoms. The zero-order valence-corrected chi connectivity index (χ0v) is 29.1. The third-order valence-corrected chi connectivity index (χ3v) is 7.98. The monoisotopic (exact) mass is 708 g/mol. The molecular formula is C31H60N6O12. The van der Waals surface area contributed by atoms with E-state index in [0.717, 1.165) is 84.0 Å². The highest BCUT2D eigenvalue weighted by atomic mass is 16.4. The molecule has 14 N–H and O–H groups in total. The summed E-state index contributed by atoms with van der Waals surface area (Å²) in [4.78, 5) is 60.7. The summed E-state index contributed by atoms with van der Waals surface area (Å²) in [5.74, 6) is -4.63. The van der Waals surface area contributed by atoms with Gasteiger partial charge in [-0.2, -0.15) is 0 Å². The molecule has 0 aromatic heterocycles. The molecule has 0 saturated carbocycles. The highest BCUT2D eigenvalue weighted by Gasteiger charge is 2.22. The van der Waals surface area contributed by atoms with E-state index in [-0.39, 0.29) is 36.0 Å². The Bertz CT molecular complexity index is 852. The number of carboxylic acids is 6. The van der Waals surface area contributed by atoms with Crippen molar-refractivity contribution < 1.29 is 59.4 Å². The van der Waals surface area contributed by atoms with E-state index in [4.69, 9.17) is 42.1 Å². The number of aliphatic carboxylic acids is 6. The molecule has 0 amide bonds. The molecule has 4 saturated heterocycles. The van der Waals surface area contributed by atoms with Crippen molar-refractivity contribution in [1.29, 1.82) is 0 Å². The number of carbonyl (C=O) groups is 6. The van der Waals surface area contributed by atoms with Gasteiger partial charge >= 0.3 is 35.8 Å². The largest absolute Gasteiger partial charge is 0.480 e. The normalized spacial score (nSPS) is 23.8. The summed E-state index contributed by atoms with van der Waals surface area (Å²) in [6, 6.07) is -2.49. The smallest absolute Gasteiger partial charge is 0.320 e. The van der Waals surface area contributed by atoms with E-state index >= 15 is 0 Å². The van der Waals surface area contributed by atoms with Gasteiger partial charge in [0.05, 0.1) is 0 Å². The van der Waals surface area contributed by atoms with Gasteiger partial charge in [0.2, 0.25) is 0 Å². The van der Waals surface area contributed by atoms with Crippen molar-refractivity contribution in [2.24, 2.45) is 23.3 Å². The van der Waals surface area contributed by atoms with E-state index in [1.54, 1.807) is 13.8 Å². The lowest BCUT2D eigenvalue weighted by molar-refractivity contribution is -0.140. The van der Waals surface area contributed by atoms with E-state index in [0.29, 0.717) is 0 Å². The molecule has 7 atom stereocenters. The second kappa shape index (κ2) is 27.4. The third-order valence-electron chi connectivity index (χ3n) is 7.98. The van der Waals surface area contributed by atoms with Gasteiger partial charge < -0.3 is 63.4 Å². The average Bonchev–Trinajstić information content (AvgIpc) is 3.88. The second-order valence-electron chi connectivity index (χ2n) is 12.3. The number of hydrogen-bond donors (Lipinski definition) is 12. The van der Waals surface area contributed by atoms with Crippen LogP contribution in [0.25, 0.3) is 0 Å². The lowest BCUT2D eigenvalue weighted by Gasteiger charge is -2.11. The molecule has 286 valence electrons. The highest BCUT2D eigenvalue weighted by Crippen LogP contribution is 2.06. The number of carboxylic acid groups (broad SMARTS) is 6. The van der Waals surface area contributed by atoms with Crippen LogP contribution >= 0.6 is 0 Å². The highest BCUT2D eigenvalue weighted by molar-refractivity contribution is 5.75. The van der Waals surface area contributed by atoms with Gasteiger partial charge in [-0.3, -0.25) is 28.8 Å². The fraction of sp³-hybridized carbons (Fsp3) is 0.806. The molecule has 4 aliphatic rings. The van der Waals surface area contributed by atoms with Crippen LogP contribution in [0, 0.1) is 11.8 Å². The molecule has 0 bridgehead atoms. The van der Waals surface area contributed by atoms with E-state index in [2.05, 4.69) is 21.3 Å². The molecule has 0 radical (unpaired) electrons. The summed E-state index contributed by atoms with van der Waals surface area (Å²) in [5, 5.41) is 61.4. The Morgan fingerprint density at radius 1 is 0.531 bits per heavy atom. The van der Waals surface area contributed by atoms with Gasteiger partial charge in [0.25, 0.3) is 0 Å². The predicted molar refractivity (Wildman–Crippen MR) is 180 cm³/mol. The maximum absolute atomic E-state index is 10.2. The van der Waals surface area contributed by atoms with Crippen molar-refractivity contribution >= 4 is 35.8 Å². The molecule has 4 aliphatic heterocycles. The molecule has 0 aromatic rings. The van der Waals surface area contributed by atoms with Crippen LogP contribution in [0.5, 0.6) is 0 Å². The SMILES string of the molecule is CC(C)C(N)C(=O)O.CCC(C)C(N)C(=O)O.O=C(O)[C@@H]1CCCN1.O=C(O)[C@@H]1CCCN1.O=C(O)[C@@H]1CCCN1.O=C(O)[C@@H]1CCCN1. The van der Waals surface area contributed by atoms with Crippen molar-refractivity contribution in [2.75, 3.05) is 26.2 Å². The van der Waals surface area contributed by atoms with E-state index in [1.807, 2.05) is 13.8 Å². The second-order valence-corrected chi connectivity index (χ2v) is 12.3. The summed E-state index contributed by atoms with van der Waals surface area (Å²) in [5.41, 5.74) is 10.4. The van der Waals surface area contributed by atoms with Crippen LogP contribution in [0.15, 0.2) is 0 Å². The zero-order chi connectivity index (χ0) is 38.1. The molecule has 4 heterocycles. The van der Waals surface area contributed by atoms with Crippen LogP contribution in [0.1, 0.15) is 85.5 Å². The van der Waals surface area contributed by atoms with Gasteiger partial charge in [-0.15, -0.1) is 0 Å². The number of hydrogen-bond acceptors (Lipinski definition) is 12. The molecule has 49 heavy (non-hydrogen) atoms. The third kappa shape index (κ3) is 23.6. The summed E-state index contributed by atoms with van der Waals surface area (Å²) in [7, 11) is 0. The van der Waals surface area contributed by atoms with Gasteiger partial charge in [0.15, 0.2) is 0 Å². The zero-order valence-electron chi connectivity index (χ0n) is 29.1. The number of nitrogens with two attached hydrogens (primary N) is 2. The van der Waals surface area contributed by atoms with Crippen molar-refractivity contribution in [3.8, 4) is 0 Å².